The molecule has 0 bridgehead atoms. The minimum absolute atomic E-state index is 0.0278. The van der Waals surface area contributed by atoms with Crippen molar-refractivity contribution in [2.24, 2.45) is 0 Å². The number of anilines is 3. The summed E-state index contributed by atoms with van der Waals surface area (Å²) in [7, 11) is 0. The fourth-order valence-corrected chi connectivity index (χ4v) is 0.674. The molecular formula is C6H12N6O2. The van der Waals surface area contributed by atoms with Crippen LogP contribution in [0, 0.1) is 0 Å². The molecule has 0 fully saturated rings. The number of nitrogens with zero attached hydrogens (tertiary/aromatic N) is 3. The monoisotopic (exact) mass is 200 g/mol. The Morgan fingerprint density at radius 1 is 1.21 bits per heavy atom. The van der Waals surface area contributed by atoms with Gasteiger partial charge in [-0.05, 0) is 6.92 Å². The summed E-state index contributed by atoms with van der Waals surface area (Å²) in [5.41, 5.74) is 13.1. The van der Waals surface area contributed by atoms with Gasteiger partial charge >= 0.3 is 0 Å². The van der Waals surface area contributed by atoms with E-state index in [2.05, 4.69) is 20.4 Å². The number of hydrogen-bond acceptors (Lipinski definition) is 8. The van der Waals surface area contributed by atoms with Crippen molar-refractivity contribution in [3.05, 3.63) is 0 Å². The molecule has 1 rings (SSSR count). The van der Waals surface area contributed by atoms with Crippen molar-refractivity contribution in [2.75, 3.05) is 30.3 Å². The third kappa shape index (κ3) is 3.37. The Hall–Kier alpha value is -1.67. The molecule has 0 radical (unpaired) electrons. The van der Waals surface area contributed by atoms with Crippen molar-refractivity contribution in [1.82, 2.24) is 15.0 Å². The molecule has 8 nitrogen and oxygen atoms in total. The summed E-state index contributed by atoms with van der Waals surface area (Å²) in [4.78, 5) is 15.9. The quantitative estimate of drug-likeness (QED) is 0.326. The first-order valence-corrected chi connectivity index (χ1v) is 3.95. The molecule has 5 N–H and O–H groups in total. The van der Waals surface area contributed by atoms with Crippen molar-refractivity contribution in [1.29, 1.82) is 0 Å². The van der Waals surface area contributed by atoms with Crippen LogP contribution in [0.1, 0.15) is 6.92 Å². The molecule has 0 saturated heterocycles. The van der Waals surface area contributed by atoms with Gasteiger partial charge in [0.15, 0.2) is 6.79 Å². The molecule has 0 spiro atoms. The maximum atomic E-state index is 5.32. The highest BCUT2D eigenvalue weighted by atomic mass is 16.8. The summed E-state index contributed by atoms with van der Waals surface area (Å²) in [6.45, 7) is 2.49. The highest BCUT2D eigenvalue weighted by molar-refractivity contribution is 5.35. The first-order valence-electron chi connectivity index (χ1n) is 3.95. The van der Waals surface area contributed by atoms with Crippen LogP contribution in [0.25, 0.3) is 0 Å². The predicted octanol–water partition coefficient (Wildman–Crippen LogP) is -0.626. The minimum atomic E-state index is 0.0278. The zero-order chi connectivity index (χ0) is 10.4. The lowest BCUT2D eigenvalue weighted by molar-refractivity contribution is -0.0268. The molecule has 0 aliphatic heterocycles. The summed E-state index contributed by atoms with van der Waals surface area (Å²) in [6.07, 6.45) is 0. The number of aromatic nitrogens is 3. The molecule has 0 aromatic carbocycles. The largest absolute Gasteiger partial charge is 0.368 e. The van der Waals surface area contributed by atoms with Gasteiger partial charge in [0.25, 0.3) is 5.95 Å². The van der Waals surface area contributed by atoms with Crippen molar-refractivity contribution >= 4 is 17.8 Å². The summed E-state index contributed by atoms with van der Waals surface area (Å²) in [5, 5.41) is 0. The van der Waals surface area contributed by atoms with Crippen molar-refractivity contribution in [2.45, 2.75) is 6.92 Å². The lowest BCUT2D eigenvalue weighted by Gasteiger charge is -2.05. The van der Waals surface area contributed by atoms with Gasteiger partial charge in [-0.15, -0.1) is 0 Å². The van der Waals surface area contributed by atoms with Crippen LogP contribution < -0.4 is 16.9 Å². The first kappa shape index (κ1) is 10.4. The van der Waals surface area contributed by atoms with Gasteiger partial charge < -0.3 is 16.2 Å². The van der Waals surface area contributed by atoms with Gasteiger partial charge in [0, 0.05) is 6.61 Å². The van der Waals surface area contributed by atoms with Crippen LogP contribution in [0.4, 0.5) is 17.8 Å². The Morgan fingerprint density at radius 3 is 2.43 bits per heavy atom. The van der Waals surface area contributed by atoms with Crippen molar-refractivity contribution in [3.8, 4) is 0 Å². The lowest BCUT2D eigenvalue weighted by atomic mass is 10.8. The number of nitrogens with two attached hydrogens (primary N) is 2. The second-order valence-corrected chi connectivity index (χ2v) is 2.23. The topological polar surface area (TPSA) is 121 Å². The molecular weight excluding hydrogens is 188 g/mol. The Morgan fingerprint density at radius 2 is 1.86 bits per heavy atom. The fourth-order valence-electron chi connectivity index (χ4n) is 0.674. The van der Waals surface area contributed by atoms with E-state index in [-0.39, 0.29) is 24.6 Å². The summed E-state index contributed by atoms with van der Waals surface area (Å²) in [5.74, 6) is 0.203. The van der Waals surface area contributed by atoms with E-state index in [1.807, 2.05) is 6.92 Å². The van der Waals surface area contributed by atoms with Gasteiger partial charge in [-0.3, -0.25) is 0 Å². The maximum Gasteiger partial charge on any atom is 0.253 e. The lowest BCUT2D eigenvalue weighted by Crippen LogP contribution is -2.11. The van der Waals surface area contributed by atoms with E-state index in [1.54, 1.807) is 0 Å². The van der Waals surface area contributed by atoms with Crippen LogP contribution in [0.5, 0.6) is 0 Å². The van der Waals surface area contributed by atoms with Crippen LogP contribution in [0.2, 0.25) is 0 Å². The second kappa shape index (κ2) is 5.14. The molecule has 1 aromatic rings. The van der Waals surface area contributed by atoms with Crippen molar-refractivity contribution < 1.29 is 9.57 Å². The molecule has 78 valence electrons. The van der Waals surface area contributed by atoms with Gasteiger partial charge in [-0.1, -0.05) is 0 Å². The van der Waals surface area contributed by atoms with Gasteiger partial charge in [-0.2, -0.15) is 15.0 Å². The fraction of sp³-hybridized carbons (Fsp3) is 0.500. The standard InChI is InChI=1S/C6H12N6O2/c1-2-13-3-14-12-6-10-4(7)9-5(8)11-6/h2-3H2,1H3,(H5,7,8,9,10,11,12). The molecule has 0 amide bonds. The van der Waals surface area contributed by atoms with Crippen LogP contribution in [-0.4, -0.2) is 28.4 Å². The average molecular weight is 200 g/mol. The van der Waals surface area contributed by atoms with E-state index < -0.39 is 0 Å². The van der Waals surface area contributed by atoms with E-state index >= 15 is 0 Å². The SMILES string of the molecule is CCOCONc1nc(N)nc(N)n1. The number of hydrogen-bond donors (Lipinski definition) is 3. The number of nitrogens with one attached hydrogen (secondary N) is 1. The zero-order valence-electron chi connectivity index (χ0n) is 7.73. The Kier molecular flexibility index (Phi) is 3.83. The smallest absolute Gasteiger partial charge is 0.253 e. The van der Waals surface area contributed by atoms with Crippen LogP contribution >= 0.6 is 0 Å². The molecule has 0 saturated carbocycles. The normalized spacial score (nSPS) is 10.1. The number of rotatable bonds is 5. The van der Waals surface area contributed by atoms with E-state index in [4.69, 9.17) is 21.0 Å². The molecule has 0 atom stereocenters. The van der Waals surface area contributed by atoms with E-state index in [0.717, 1.165) is 0 Å². The second-order valence-electron chi connectivity index (χ2n) is 2.23. The molecule has 8 heteroatoms. The molecule has 0 unspecified atom stereocenters. The van der Waals surface area contributed by atoms with Gasteiger partial charge in [0.1, 0.15) is 0 Å². The molecule has 0 aliphatic rings. The van der Waals surface area contributed by atoms with E-state index in [1.165, 1.54) is 0 Å². The maximum absolute atomic E-state index is 5.32. The number of ether oxygens (including phenoxy) is 1. The summed E-state index contributed by atoms with van der Waals surface area (Å²) in [6, 6.07) is 0. The Labute approximate surface area is 80.6 Å². The van der Waals surface area contributed by atoms with E-state index in [9.17, 15) is 0 Å². The highest BCUT2D eigenvalue weighted by Crippen LogP contribution is 2.02. The minimum Gasteiger partial charge on any atom is -0.368 e. The zero-order valence-corrected chi connectivity index (χ0v) is 7.73. The van der Waals surface area contributed by atoms with Crippen molar-refractivity contribution in [3.63, 3.8) is 0 Å². The summed E-state index contributed by atoms with van der Waals surface area (Å²) < 4.78 is 4.90. The molecule has 0 aliphatic carbocycles. The Bertz CT molecular complexity index is 273. The van der Waals surface area contributed by atoms with Crippen LogP contribution in [0.3, 0.4) is 0 Å². The van der Waals surface area contributed by atoms with Crippen LogP contribution in [0.15, 0.2) is 0 Å². The molecule has 14 heavy (non-hydrogen) atoms. The first-order chi connectivity index (χ1) is 6.72. The Balaban J connectivity index is 2.42. The third-order valence-electron chi connectivity index (χ3n) is 1.18. The highest BCUT2D eigenvalue weighted by Gasteiger charge is 2.00. The van der Waals surface area contributed by atoms with Gasteiger partial charge in [-0.25, -0.2) is 10.3 Å². The summed E-state index contributed by atoms with van der Waals surface area (Å²) >= 11 is 0. The third-order valence-corrected chi connectivity index (χ3v) is 1.18. The van der Waals surface area contributed by atoms with Crippen LogP contribution in [-0.2, 0) is 9.57 Å². The number of nitrogen functional groups attached to an aromatic ring is 2. The van der Waals surface area contributed by atoms with Gasteiger partial charge in [0.05, 0.1) is 0 Å². The van der Waals surface area contributed by atoms with Gasteiger partial charge in [0.2, 0.25) is 11.9 Å². The average Bonchev–Trinajstić information content (AvgIpc) is 2.11. The molecule has 1 aromatic heterocycles. The molecule has 1 heterocycles. The van der Waals surface area contributed by atoms with E-state index in [0.29, 0.717) is 6.61 Å². The predicted molar refractivity (Wildman–Crippen MR) is 49.9 cm³/mol.